The number of aliphatic carboxylic acids is 1. The van der Waals surface area contributed by atoms with Gasteiger partial charge in [-0.25, -0.2) is 0 Å². The quantitative estimate of drug-likeness (QED) is 0.566. The molecule has 0 radical (unpaired) electrons. The summed E-state index contributed by atoms with van der Waals surface area (Å²) in [4.78, 5) is 10.4. The third-order valence-corrected chi connectivity index (χ3v) is 2.08. The van der Waals surface area contributed by atoms with Crippen molar-refractivity contribution in [1.29, 1.82) is 0 Å². The fourth-order valence-corrected chi connectivity index (χ4v) is 0.987. The summed E-state index contributed by atoms with van der Waals surface area (Å²) in [5.74, 6) is -0.498. The van der Waals surface area contributed by atoms with Crippen LogP contribution in [0, 0.1) is 11.3 Å². The van der Waals surface area contributed by atoms with Crippen LogP contribution in [0.25, 0.3) is 0 Å². The van der Waals surface area contributed by atoms with Gasteiger partial charge in [-0.05, 0) is 19.3 Å². The van der Waals surface area contributed by atoms with Crippen LogP contribution in [0.3, 0.4) is 0 Å². The molecule has 0 heterocycles. The average molecular weight is 126 g/mol. The van der Waals surface area contributed by atoms with Crippen LogP contribution in [-0.4, -0.2) is 11.1 Å². The molecule has 0 aromatic heterocycles. The van der Waals surface area contributed by atoms with Crippen molar-refractivity contribution in [2.45, 2.75) is 13.3 Å². The van der Waals surface area contributed by atoms with Crippen molar-refractivity contribution >= 4 is 5.97 Å². The molecule has 1 aliphatic rings. The molecule has 0 saturated heterocycles. The van der Waals surface area contributed by atoms with Gasteiger partial charge in [0.25, 0.3) is 0 Å². The van der Waals surface area contributed by atoms with E-state index < -0.39 is 11.4 Å². The standard InChI is InChI=1S/C7H10O2/c1-3-5-4-7(5,2)6(8)9/h3,5H,1,4H2,2H3,(H,8,9)/t5-,7+/m0/s1. The maximum absolute atomic E-state index is 10.4. The first-order chi connectivity index (χ1) is 4.11. The van der Waals surface area contributed by atoms with Gasteiger partial charge in [0.2, 0.25) is 0 Å². The highest BCUT2D eigenvalue weighted by atomic mass is 16.4. The molecule has 1 fully saturated rings. The minimum atomic E-state index is -0.701. The van der Waals surface area contributed by atoms with Gasteiger partial charge in [-0.15, -0.1) is 6.58 Å². The topological polar surface area (TPSA) is 37.3 Å². The Hall–Kier alpha value is -0.790. The van der Waals surface area contributed by atoms with Crippen LogP contribution in [0.5, 0.6) is 0 Å². The normalized spacial score (nSPS) is 39.9. The van der Waals surface area contributed by atoms with Gasteiger partial charge in [0.15, 0.2) is 0 Å². The zero-order valence-corrected chi connectivity index (χ0v) is 5.42. The number of hydrogen-bond acceptors (Lipinski definition) is 1. The Morgan fingerprint density at radius 1 is 2.00 bits per heavy atom. The molecule has 0 unspecified atom stereocenters. The maximum atomic E-state index is 10.4. The second-order valence-corrected chi connectivity index (χ2v) is 2.77. The van der Waals surface area contributed by atoms with E-state index >= 15 is 0 Å². The molecule has 0 aromatic carbocycles. The van der Waals surface area contributed by atoms with E-state index in [2.05, 4.69) is 6.58 Å². The fourth-order valence-electron chi connectivity index (χ4n) is 0.987. The zero-order chi connectivity index (χ0) is 7.07. The highest BCUT2D eigenvalue weighted by Gasteiger charge is 2.54. The van der Waals surface area contributed by atoms with Gasteiger partial charge in [-0.2, -0.15) is 0 Å². The third-order valence-electron chi connectivity index (χ3n) is 2.08. The summed E-state index contributed by atoms with van der Waals surface area (Å²) in [6, 6.07) is 0. The number of rotatable bonds is 2. The van der Waals surface area contributed by atoms with Crippen LogP contribution in [0.1, 0.15) is 13.3 Å². The van der Waals surface area contributed by atoms with Crippen molar-refractivity contribution < 1.29 is 9.90 Å². The Labute approximate surface area is 54.2 Å². The maximum Gasteiger partial charge on any atom is 0.309 e. The zero-order valence-electron chi connectivity index (χ0n) is 5.42. The van der Waals surface area contributed by atoms with Gasteiger partial charge in [0.05, 0.1) is 5.41 Å². The molecule has 2 atom stereocenters. The lowest BCUT2D eigenvalue weighted by Crippen LogP contribution is -2.11. The van der Waals surface area contributed by atoms with E-state index in [4.69, 9.17) is 5.11 Å². The molecule has 1 rings (SSSR count). The largest absolute Gasteiger partial charge is 0.481 e. The van der Waals surface area contributed by atoms with Gasteiger partial charge in [0.1, 0.15) is 0 Å². The number of hydrogen-bond donors (Lipinski definition) is 1. The van der Waals surface area contributed by atoms with Crippen molar-refractivity contribution in [2.24, 2.45) is 11.3 Å². The lowest BCUT2D eigenvalue weighted by Gasteiger charge is -1.98. The minimum Gasteiger partial charge on any atom is -0.481 e. The van der Waals surface area contributed by atoms with Crippen LogP contribution < -0.4 is 0 Å². The van der Waals surface area contributed by atoms with Crippen molar-refractivity contribution in [3.63, 3.8) is 0 Å². The smallest absolute Gasteiger partial charge is 0.309 e. The van der Waals surface area contributed by atoms with Crippen molar-refractivity contribution in [3.05, 3.63) is 12.7 Å². The molecule has 50 valence electrons. The Morgan fingerprint density at radius 2 is 2.56 bits per heavy atom. The molecule has 0 spiro atoms. The van der Waals surface area contributed by atoms with Gasteiger partial charge in [0, 0.05) is 0 Å². The highest BCUT2D eigenvalue weighted by molar-refractivity contribution is 5.78. The summed E-state index contributed by atoms with van der Waals surface area (Å²) < 4.78 is 0. The number of carboxylic acid groups (broad SMARTS) is 1. The summed E-state index contributed by atoms with van der Waals surface area (Å²) in [5, 5.41) is 8.57. The predicted octanol–water partition coefficient (Wildman–Crippen LogP) is 1.28. The molecule has 1 N–H and O–H groups in total. The molecular weight excluding hydrogens is 116 g/mol. The molecule has 0 aliphatic heterocycles. The molecule has 1 aliphatic carbocycles. The summed E-state index contributed by atoms with van der Waals surface area (Å²) >= 11 is 0. The first-order valence-electron chi connectivity index (χ1n) is 2.97. The average Bonchev–Trinajstić information content (AvgIpc) is 2.44. The molecule has 2 nitrogen and oxygen atoms in total. The van der Waals surface area contributed by atoms with Gasteiger partial charge in [-0.1, -0.05) is 6.08 Å². The van der Waals surface area contributed by atoms with Gasteiger partial charge in [-0.3, -0.25) is 4.79 Å². The van der Waals surface area contributed by atoms with E-state index in [9.17, 15) is 4.79 Å². The van der Waals surface area contributed by atoms with E-state index in [0.29, 0.717) is 0 Å². The van der Waals surface area contributed by atoms with Crippen LogP contribution in [0.15, 0.2) is 12.7 Å². The first kappa shape index (κ1) is 6.33. The Morgan fingerprint density at radius 3 is 2.67 bits per heavy atom. The van der Waals surface area contributed by atoms with E-state index in [0.717, 1.165) is 6.42 Å². The van der Waals surface area contributed by atoms with Crippen molar-refractivity contribution in [2.75, 3.05) is 0 Å². The molecule has 0 bridgehead atoms. The molecule has 1 saturated carbocycles. The molecule has 0 amide bonds. The van der Waals surface area contributed by atoms with E-state index in [1.807, 2.05) is 0 Å². The fraction of sp³-hybridized carbons (Fsp3) is 0.571. The van der Waals surface area contributed by atoms with E-state index in [1.165, 1.54) is 0 Å². The minimum absolute atomic E-state index is 0.204. The summed E-state index contributed by atoms with van der Waals surface area (Å²) in [7, 11) is 0. The van der Waals surface area contributed by atoms with E-state index in [1.54, 1.807) is 13.0 Å². The monoisotopic (exact) mass is 126 g/mol. The summed E-state index contributed by atoms with van der Waals surface area (Å²) in [6.45, 7) is 5.29. The molecule has 0 aromatic rings. The molecule has 9 heavy (non-hydrogen) atoms. The third kappa shape index (κ3) is 0.745. The predicted molar refractivity (Wildman–Crippen MR) is 34.0 cm³/mol. The number of allylic oxidation sites excluding steroid dienone is 1. The van der Waals surface area contributed by atoms with Crippen LogP contribution in [-0.2, 0) is 4.79 Å². The SMILES string of the molecule is C=C[C@H]1C[C@@]1(C)C(=O)O. The lowest BCUT2D eigenvalue weighted by atomic mass is 10.1. The summed E-state index contributed by atoms with van der Waals surface area (Å²) in [5.41, 5.74) is -0.484. The van der Waals surface area contributed by atoms with Crippen molar-refractivity contribution in [1.82, 2.24) is 0 Å². The van der Waals surface area contributed by atoms with E-state index in [-0.39, 0.29) is 5.92 Å². The van der Waals surface area contributed by atoms with Crippen LogP contribution in [0.2, 0.25) is 0 Å². The summed E-state index contributed by atoms with van der Waals surface area (Å²) in [6.07, 6.45) is 2.47. The highest BCUT2D eigenvalue weighted by Crippen LogP contribution is 2.52. The second kappa shape index (κ2) is 1.59. The molecule has 2 heteroatoms. The van der Waals surface area contributed by atoms with Crippen molar-refractivity contribution in [3.8, 4) is 0 Å². The Bertz CT molecular complexity index is 162. The lowest BCUT2D eigenvalue weighted by molar-refractivity contribution is -0.143. The second-order valence-electron chi connectivity index (χ2n) is 2.77. The van der Waals surface area contributed by atoms with Gasteiger partial charge >= 0.3 is 5.97 Å². The molecular formula is C7H10O2. The number of carboxylic acids is 1. The Kier molecular flexibility index (Phi) is 1.12. The van der Waals surface area contributed by atoms with Crippen LogP contribution in [0.4, 0.5) is 0 Å². The van der Waals surface area contributed by atoms with Gasteiger partial charge < -0.3 is 5.11 Å². The number of carbonyl (C=O) groups is 1. The van der Waals surface area contributed by atoms with Crippen LogP contribution >= 0.6 is 0 Å². The Balaban J connectivity index is 2.62. The first-order valence-corrected chi connectivity index (χ1v) is 2.97.